The number of nitrogens with zero attached hydrogens (tertiary/aromatic N) is 2. The first-order chi connectivity index (χ1) is 13.8. The third kappa shape index (κ3) is 5.67. The van der Waals surface area contributed by atoms with Crippen LogP contribution in [-0.2, 0) is 14.8 Å². The van der Waals surface area contributed by atoms with Crippen molar-refractivity contribution in [3.63, 3.8) is 0 Å². The normalized spacial score (nSPS) is 16.0. The van der Waals surface area contributed by atoms with E-state index >= 15 is 0 Å². The molecule has 2 aromatic carbocycles. The van der Waals surface area contributed by atoms with E-state index in [1.807, 2.05) is 4.90 Å². The first-order valence-electron chi connectivity index (χ1n) is 8.99. The summed E-state index contributed by atoms with van der Waals surface area (Å²) in [5.41, 5.74) is 0.458. The Morgan fingerprint density at radius 1 is 1.03 bits per heavy atom. The van der Waals surface area contributed by atoms with E-state index in [9.17, 15) is 17.6 Å². The predicted molar refractivity (Wildman–Crippen MR) is 111 cm³/mol. The molecular weight excluding hydrogens is 440 g/mol. The molecule has 1 saturated heterocycles. The summed E-state index contributed by atoms with van der Waals surface area (Å²) >= 11 is 12.0. The van der Waals surface area contributed by atoms with E-state index in [0.29, 0.717) is 48.5 Å². The molecule has 0 spiro atoms. The summed E-state index contributed by atoms with van der Waals surface area (Å²) in [5, 5.41) is 3.61. The van der Waals surface area contributed by atoms with E-state index in [1.54, 1.807) is 18.2 Å². The smallest absolute Gasteiger partial charge is 0.243 e. The van der Waals surface area contributed by atoms with Gasteiger partial charge in [-0.2, -0.15) is 4.31 Å². The molecule has 29 heavy (non-hydrogen) atoms. The monoisotopic (exact) mass is 459 g/mol. The van der Waals surface area contributed by atoms with Gasteiger partial charge in [0.1, 0.15) is 5.82 Å². The standard InChI is InChI=1S/C19H20Cl2FN3O3S/c20-14-1-6-17(21)18(13-14)23-19(26)7-8-24-9-11-25(12-10-24)29(27,28)16-4-2-15(22)3-5-16/h1-6,13H,7-12H2,(H,23,26). The van der Waals surface area contributed by atoms with Gasteiger partial charge in [-0.1, -0.05) is 23.2 Å². The Kier molecular flexibility index (Phi) is 7.13. The zero-order valence-electron chi connectivity index (χ0n) is 15.4. The van der Waals surface area contributed by atoms with Gasteiger partial charge in [0.25, 0.3) is 0 Å². The van der Waals surface area contributed by atoms with E-state index in [0.717, 1.165) is 12.1 Å². The molecule has 1 aliphatic rings. The summed E-state index contributed by atoms with van der Waals surface area (Å²) in [4.78, 5) is 14.3. The number of carbonyl (C=O) groups excluding carboxylic acids is 1. The molecule has 10 heteroatoms. The van der Waals surface area contributed by atoms with Gasteiger partial charge in [0.2, 0.25) is 15.9 Å². The topological polar surface area (TPSA) is 69.7 Å². The van der Waals surface area contributed by atoms with Crippen LogP contribution >= 0.6 is 23.2 Å². The number of nitrogens with one attached hydrogen (secondary N) is 1. The lowest BCUT2D eigenvalue weighted by molar-refractivity contribution is -0.116. The molecular formula is C19H20Cl2FN3O3S. The molecule has 1 aliphatic heterocycles. The van der Waals surface area contributed by atoms with Crippen LogP contribution in [0.4, 0.5) is 10.1 Å². The molecule has 0 radical (unpaired) electrons. The van der Waals surface area contributed by atoms with Crippen molar-refractivity contribution in [1.82, 2.24) is 9.21 Å². The largest absolute Gasteiger partial charge is 0.325 e. The fourth-order valence-corrected chi connectivity index (χ4v) is 4.77. The number of piperazine rings is 1. The Morgan fingerprint density at radius 2 is 1.69 bits per heavy atom. The van der Waals surface area contributed by atoms with E-state index < -0.39 is 15.8 Å². The number of halogens is 3. The highest BCUT2D eigenvalue weighted by Gasteiger charge is 2.28. The fraction of sp³-hybridized carbons (Fsp3) is 0.316. The van der Waals surface area contributed by atoms with Crippen molar-refractivity contribution in [3.8, 4) is 0 Å². The van der Waals surface area contributed by atoms with Crippen molar-refractivity contribution >= 4 is 44.8 Å². The minimum Gasteiger partial charge on any atom is -0.325 e. The molecule has 0 bridgehead atoms. The number of sulfonamides is 1. The summed E-state index contributed by atoms with van der Waals surface area (Å²) in [7, 11) is -3.65. The van der Waals surface area contributed by atoms with Crippen molar-refractivity contribution in [1.29, 1.82) is 0 Å². The molecule has 1 N–H and O–H groups in total. The molecule has 0 aliphatic carbocycles. The minimum absolute atomic E-state index is 0.0742. The van der Waals surface area contributed by atoms with Gasteiger partial charge in [-0.3, -0.25) is 4.79 Å². The zero-order valence-corrected chi connectivity index (χ0v) is 17.8. The number of rotatable bonds is 6. The molecule has 0 unspecified atom stereocenters. The lowest BCUT2D eigenvalue weighted by Gasteiger charge is -2.33. The number of carbonyl (C=O) groups is 1. The van der Waals surface area contributed by atoms with Crippen LogP contribution in [0, 0.1) is 5.82 Å². The SMILES string of the molecule is O=C(CCN1CCN(S(=O)(=O)c2ccc(F)cc2)CC1)Nc1cc(Cl)ccc1Cl. The molecule has 0 aromatic heterocycles. The highest BCUT2D eigenvalue weighted by molar-refractivity contribution is 7.89. The third-order valence-corrected chi connectivity index (χ3v) is 7.12. The van der Waals surface area contributed by atoms with Crippen molar-refractivity contribution in [3.05, 3.63) is 58.3 Å². The number of anilines is 1. The van der Waals surface area contributed by atoms with E-state index in [2.05, 4.69) is 5.32 Å². The molecule has 2 aromatic rings. The van der Waals surface area contributed by atoms with Crippen LogP contribution in [0.5, 0.6) is 0 Å². The Balaban J connectivity index is 1.49. The quantitative estimate of drug-likeness (QED) is 0.717. The van der Waals surface area contributed by atoms with Crippen molar-refractivity contribution in [2.24, 2.45) is 0 Å². The molecule has 0 saturated carbocycles. The molecule has 3 rings (SSSR count). The van der Waals surface area contributed by atoms with E-state index in [-0.39, 0.29) is 17.2 Å². The van der Waals surface area contributed by atoms with Crippen molar-refractivity contribution in [2.45, 2.75) is 11.3 Å². The Bertz CT molecular complexity index is 979. The summed E-state index contributed by atoms with van der Waals surface area (Å²) in [6.07, 6.45) is 0.244. The Hall–Kier alpha value is -1.71. The molecule has 6 nitrogen and oxygen atoms in total. The van der Waals surface area contributed by atoms with Gasteiger partial charge in [-0.15, -0.1) is 0 Å². The summed E-state index contributed by atoms with van der Waals surface area (Å²) in [5.74, 6) is -0.679. The average Bonchev–Trinajstić information content (AvgIpc) is 2.70. The number of amides is 1. The predicted octanol–water partition coefficient (Wildman–Crippen LogP) is 3.47. The second-order valence-electron chi connectivity index (χ2n) is 6.62. The van der Waals surface area contributed by atoms with Gasteiger partial charge >= 0.3 is 0 Å². The maximum atomic E-state index is 13.0. The molecule has 0 atom stereocenters. The van der Waals surface area contributed by atoms with Crippen LogP contribution in [0.2, 0.25) is 10.0 Å². The maximum absolute atomic E-state index is 13.0. The number of benzene rings is 2. The fourth-order valence-electron chi connectivity index (χ4n) is 3.01. The zero-order chi connectivity index (χ0) is 21.0. The van der Waals surface area contributed by atoms with Crippen LogP contribution in [-0.4, -0.2) is 56.3 Å². The van der Waals surface area contributed by atoms with Gasteiger partial charge in [0, 0.05) is 44.2 Å². The lowest BCUT2D eigenvalue weighted by Crippen LogP contribution is -2.49. The highest BCUT2D eigenvalue weighted by Crippen LogP contribution is 2.25. The lowest BCUT2D eigenvalue weighted by atomic mass is 10.3. The van der Waals surface area contributed by atoms with Crippen LogP contribution in [0.3, 0.4) is 0 Å². The summed E-state index contributed by atoms with van der Waals surface area (Å²) in [6, 6.07) is 9.63. The van der Waals surface area contributed by atoms with Crippen LogP contribution in [0.1, 0.15) is 6.42 Å². The van der Waals surface area contributed by atoms with Crippen LogP contribution < -0.4 is 5.32 Å². The van der Waals surface area contributed by atoms with Crippen molar-refractivity contribution in [2.75, 3.05) is 38.0 Å². The van der Waals surface area contributed by atoms with E-state index in [1.165, 1.54) is 16.4 Å². The van der Waals surface area contributed by atoms with Crippen LogP contribution in [0.15, 0.2) is 47.4 Å². The van der Waals surface area contributed by atoms with Gasteiger partial charge < -0.3 is 10.2 Å². The second kappa shape index (κ2) is 9.40. The molecule has 1 amide bonds. The first kappa shape index (κ1) is 22.0. The van der Waals surface area contributed by atoms with Crippen LogP contribution in [0.25, 0.3) is 0 Å². The Morgan fingerprint density at radius 3 is 2.34 bits per heavy atom. The first-order valence-corrected chi connectivity index (χ1v) is 11.2. The van der Waals surface area contributed by atoms with E-state index in [4.69, 9.17) is 23.2 Å². The average molecular weight is 460 g/mol. The molecule has 1 heterocycles. The highest BCUT2D eigenvalue weighted by atomic mass is 35.5. The van der Waals surface area contributed by atoms with Crippen molar-refractivity contribution < 1.29 is 17.6 Å². The minimum atomic E-state index is -3.65. The number of hydrogen-bond acceptors (Lipinski definition) is 4. The van der Waals surface area contributed by atoms with Gasteiger partial charge in [0.05, 0.1) is 15.6 Å². The van der Waals surface area contributed by atoms with Gasteiger partial charge in [0.15, 0.2) is 0 Å². The summed E-state index contributed by atoms with van der Waals surface area (Å²) in [6.45, 7) is 2.12. The Labute approximate surface area is 179 Å². The van der Waals surface area contributed by atoms with Gasteiger partial charge in [-0.05, 0) is 42.5 Å². The maximum Gasteiger partial charge on any atom is 0.243 e. The molecule has 1 fully saturated rings. The number of hydrogen-bond donors (Lipinski definition) is 1. The third-order valence-electron chi connectivity index (χ3n) is 4.64. The van der Waals surface area contributed by atoms with Gasteiger partial charge in [-0.25, -0.2) is 12.8 Å². The molecule has 156 valence electrons. The summed E-state index contributed by atoms with van der Waals surface area (Å²) < 4.78 is 39.7. The second-order valence-corrected chi connectivity index (χ2v) is 9.40.